The fourth-order valence-corrected chi connectivity index (χ4v) is 10.4. The van der Waals surface area contributed by atoms with Gasteiger partial charge in [0.1, 0.15) is 5.60 Å². The van der Waals surface area contributed by atoms with Gasteiger partial charge in [0.25, 0.3) is 0 Å². The van der Waals surface area contributed by atoms with Gasteiger partial charge in [0.15, 0.2) is 5.79 Å². The molecule has 4 fully saturated rings. The second-order valence-corrected chi connectivity index (χ2v) is 16.8. The van der Waals surface area contributed by atoms with Crippen molar-refractivity contribution in [3.8, 4) is 0 Å². The Hall–Kier alpha value is -1.32. The number of halogens is 3. The first-order chi connectivity index (χ1) is 20.5. The highest BCUT2D eigenvalue weighted by atomic mass is 32.2. The normalized spacial score (nSPS) is 39.3. The van der Waals surface area contributed by atoms with Crippen LogP contribution >= 0.6 is 11.8 Å². The van der Waals surface area contributed by atoms with Crippen molar-refractivity contribution in [1.82, 2.24) is 0 Å². The van der Waals surface area contributed by atoms with Crippen LogP contribution in [0.2, 0.25) is 0 Å². The van der Waals surface area contributed by atoms with E-state index in [0.29, 0.717) is 64.2 Å². The van der Waals surface area contributed by atoms with Gasteiger partial charge in [0.2, 0.25) is 5.67 Å². The molecule has 44 heavy (non-hydrogen) atoms. The molecule has 1 spiro atoms. The van der Waals surface area contributed by atoms with E-state index in [1.54, 1.807) is 11.8 Å². The van der Waals surface area contributed by atoms with Gasteiger partial charge in [-0.1, -0.05) is 52.0 Å². The molecule has 1 heterocycles. The van der Waals surface area contributed by atoms with Crippen molar-refractivity contribution in [2.45, 2.75) is 125 Å². The molecule has 0 bridgehead atoms. The lowest BCUT2D eigenvalue weighted by Crippen LogP contribution is -2.66. The Morgan fingerprint density at radius 2 is 1.68 bits per heavy atom. The summed E-state index contributed by atoms with van der Waals surface area (Å²) in [5.74, 6) is -4.27. The molecular formula is C36H49F3O4S. The topological polar surface area (TPSA) is 58.9 Å². The van der Waals surface area contributed by atoms with Crippen molar-refractivity contribution in [2.75, 3.05) is 19.0 Å². The largest absolute Gasteiger partial charge is 0.386 e. The number of aliphatic hydroxyl groups is 2. The van der Waals surface area contributed by atoms with Crippen LogP contribution in [-0.4, -0.2) is 57.8 Å². The zero-order chi connectivity index (χ0) is 32.0. The molecule has 1 aromatic rings. The monoisotopic (exact) mass is 634 g/mol. The summed E-state index contributed by atoms with van der Waals surface area (Å²) in [5, 5.41) is 24.6. The average molecular weight is 635 g/mol. The highest BCUT2D eigenvalue weighted by molar-refractivity contribution is 7.99. The predicted molar refractivity (Wildman–Crippen MR) is 168 cm³/mol. The van der Waals surface area contributed by atoms with Crippen LogP contribution in [0.1, 0.15) is 97.5 Å². The molecule has 0 radical (unpaired) electrons. The van der Waals surface area contributed by atoms with E-state index in [9.17, 15) is 10.2 Å². The highest BCUT2D eigenvalue weighted by Crippen LogP contribution is 2.71. The highest BCUT2D eigenvalue weighted by Gasteiger charge is 2.74. The minimum atomic E-state index is -3.90. The number of ether oxygens (including phenoxy) is 2. The second kappa shape index (κ2) is 10.6. The molecule has 8 heteroatoms. The van der Waals surface area contributed by atoms with Crippen LogP contribution in [0, 0.1) is 22.7 Å². The molecule has 2 N–H and O–H groups in total. The molecule has 4 aliphatic carbocycles. The lowest BCUT2D eigenvalue weighted by atomic mass is 9.48. The number of hydrogen-bond donors (Lipinski definition) is 2. The first-order valence-electron chi connectivity index (χ1n) is 16.4. The summed E-state index contributed by atoms with van der Waals surface area (Å²) >= 11 is 1.74. The third-order valence-electron chi connectivity index (χ3n) is 12.3. The second-order valence-electron chi connectivity index (χ2n) is 15.5. The van der Waals surface area contributed by atoms with Crippen molar-refractivity contribution >= 4 is 11.8 Å². The number of alkyl halides is 3. The van der Waals surface area contributed by atoms with E-state index < -0.39 is 34.0 Å². The van der Waals surface area contributed by atoms with Crippen LogP contribution in [0.25, 0.3) is 0 Å². The number of fused-ring (bicyclic) bond motifs is 4. The number of hydrogen-bond acceptors (Lipinski definition) is 5. The number of allylic oxidation sites excluding steroid dienone is 2. The number of benzene rings is 1. The molecule has 6 rings (SSSR count). The minimum Gasteiger partial charge on any atom is -0.386 e. The van der Waals surface area contributed by atoms with Crippen molar-refractivity contribution in [1.29, 1.82) is 0 Å². The molecule has 0 amide bonds. The molecule has 3 unspecified atom stereocenters. The van der Waals surface area contributed by atoms with Gasteiger partial charge >= 0.3 is 5.92 Å². The third kappa shape index (κ3) is 4.70. The van der Waals surface area contributed by atoms with Crippen molar-refractivity contribution < 1.29 is 32.9 Å². The quantitative estimate of drug-likeness (QED) is 0.243. The fourth-order valence-electron chi connectivity index (χ4n) is 9.76. The summed E-state index contributed by atoms with van der Waals surface area (Å²) in [5.41, 5.74) is -4.56. The van der Waals surface area contributed by atoms with E-state index in [4.69, 9.17) is 9.47 Å². The molecule has 0 aromatic heterocycles. The van der Waals surface area contributed by atoms with Crippen LogP contribution < -0.4 is 0 Å². The first-order valence-corrected chi connectivity index (χ1v) is 17.3. The number of thioether (sulfide) groups is 1. The SMILES string of the molecule is C=CC(F)(F)C(C)(F)[C@]1(O)CCC2C3CC[C@@]4(O)CC5(CCC4=C3[C@@H](c3ccc(SCC)cc3)C[C@@]21C)OCC(C)(C)CO5. The van der Waals surface area contributed by atoms with Gasteiger partial charge in [-0.15, -0.1) is 11.8 Å². The number of rotatable bonds is 6. The lowest BCUT2D eigenvalue weighted by molar-refractivity contribution is -0.322. The minimum absolute atomic E-state index is 0.0483. The first kappa shape index (κ1) is 32.6. The third-order valence-corrected chi connectivity index (χ3v) is 13.2. The van der Waals surface area contributed by atoms with Gasteiger partial charge < -0.3 is 19.7 Å². The Morgan fingerprint density at radius 3 is 2.30 bits per heavy atom. The van der Waals surface area contributed by atoms with E-state index >= 15 is 13.2 Å². The molecule has 4 nitrogen and oxygen atoms in total. The molecule has 1 aliphatic heterocycles. The molecule has 5 aliphatic rings. The maximum absolute atomic E-state index is 16.5. The molecule has 1 aromatic carbocycles. The van der Waals surface area contributed by atoms with E-state index in [2.05, 4.69) is 51.6 Å². The van der Waals surface area contributed by atoms with E-state index in [1.165, 1.54) is 5.57 Å². The van der Waals surface area contributed by atoms with Gasteiger partial charge in [0.05, 0.1) is 18.8 Å². The summed E-state index contributed by atoms with van der Waals surface area (Å²) in [7, 11) is 0. The van der Waals surface area contributed by atoms with E-state index in [0.717, 1.165) is 28.7 Å². The lowest BCUT2D eigenvalue weighted by Gasteiger charge is -2.60. The summed E-state index contributed by atoms with van der Waals surface area (Å²) in [6.45, 7) is 13.4. The van der Waals surface area contributed by atoms with Gasteiger partial charge in [-0.05, 0) is 92.4 Å². The summed E-state index contributed by atoms with van der Waals surface area (Å²) < 4.78 is 59.6. The van der Waals surface area contributed by atoms with Crippen molar-refractivity contribution in [3.63, 3.8) is 0 Å². The van der Waals surface area contributed by atoms with Gasteiger partial charge in [-0.25, -0.2) is 4.39 Å². The summed E-state index contributed by atoms with van der Waals surface area (Å²) in [6.07, 6.45) is 3.80. The van der Waals surface area contributed by atoms with Crippen LogP contribution in [0.3, 0.4) is 0 Å². The van der Waals surface area contributed by atoms with Crippen molar-refractivity contribution in [2.24, 2.45) is 22.7 Å². The molecule has 244 valence electrons. The van der Waals surface area contributed by atoms with Gasteiger partial charge in [-0.2, -0.15) is 8.78 Å². The fraction of sp³-hybridized carbons (Fsp3) is 0.722. The molecule has 3 saturated carbocycles. The average Bonchev–Trinajstić information content (AvgIpc) is 3.26. The van der Waals surface area contributed by atoms with Gasteiger partial charge in [-0.3, -0.25) is 0 Å². The van der Waals surface area contributed by atoms with E-state index in [1.807, 2.05) is 6.92 Å². The molecule has 7 atom stereocenters. The van der Waals surface area contributed by atoms with Crippen LogP contribution in [0.5, 0.6) is 0 Å². The summed E-state index contributed by atoms with van der Waals surface area (Å²) in [6, 6.07) is 8.34. The Balaban J connectivity index is 1.45. The zero-order valence-corrected chi connectivity index (χ0v) is 27.7. The van der Waals surface area contributed by atoms with Crippen LogP contribution in [-0.2, 0) is 9.47 Å². The Morgan fingerprint density at radius 1 is 1.02 bits per heavy atom. The van der Waals surface area contributed by atoms with Crippen LogP contribution in [0.4, 0.5) is 13.2 Å². The molecular weight excluding hydrogens is 585 g/mol. The Kier molecular flexibility index (Phi) is 7.85. The van der Waals surface area contributed by atoms with Gasteiger partial charge in [0, 0.05) is 34.5 Å². The van der Waals surface area contributed by atoms with Crippen LogP contribution in [0.15, 0.2) is 53.0 Å². The Labute approximate surface area is 264 Å². The Bertz CT molecular complexity index is 1310. The predicted octanol–water partition coefficient (Wildman–Crippen LogP) is 8.37. The maximum atomic E-state index is 16.5. The van der Waals surface area contributed by atoms with Crippen molar-refractivity contribution in [3.05, 3.63) is 53.6 Å². The van der Waals surface area contributed by atoms with E-state index in [-0.39, 0.29) is 29.6 Å². The zero-order valence-electron chi connectivity index (χ0n) is 26.9. The maximum Gasteiger partial charge on any atom is 0.302 e. The summed E-state index contributed by atoms with van der Waals surface area (Å²) in [4.78, 5) is 1.14. The molecule has 1 saturated heterocycles. The standard InChI is InChI=1S/C36H49F3O4S/c1-7-36(38,39)32(6,37)35(41)18-15-27-25-13-16-33(40)20-34(42-21-30(3,4)22-43-34)17-14-28(33)29(25)26(19-31(27,35)5)23-9-11-24(12-10-23)44-8-2/h7,9-12,25-27,40-41H,1,8,13-22H2,2-6H3/t25?,26-,27?,31+,32?,33-,35+/m1/s1. The smallest absolute Gasteiger partial charge is 0.302 e.